The number of rotatable bonds is 4. The summed E-state index contributed by atoms with van der Waals surface area (Å²) in [6.07, 6.45) is 0.0139. The third kappa shape index (κ3) is 2.98. The summed E-state index contributed by atoms with van der Waals surface area (Å²) in [5.41, 5.74) is 0.208. The molecule has 0 spiro atoms. The van der Waals surface area contributed by atoms with E-state index in [-0.39, 0.29) is 12.0 Å². The minimum absolute atomic E-state index is 0.0139. The van der Waals surface area contributed by atoms with Crippen LogP contribution in [0.1, 0.15) is 18.0 Å². The Morgan fingerprint density at radius 2 is 2.14 bits per heavy atom. The highest BCUT2D eigenvalue weighted by Gasteiger charge is 2.45. The van der Waals surface area contributed by atoms with E-state index in [1.54, 1.807) is 6.07 Å². The molecule has 2 rings (SSSR count). The summed E-state index contributed by atoms with van der Waals surface area (Å²) in [4.78, 5) is 11.6. The lowest BCUT2D eigenvalue weighted by Crippen LogP contribution is -2.33. The van der Waals surface area contributed by atoms with Crippen molar-refractivity contribution in [2.45, 2.75) is 23.8 Å². The summed E-state index contributed by atoms with van der Waals surface area (Å²) >= 11 is 0. The third-order valence-corrected chi connectivity index (χ3v) is 5.37. The van der Waals surface area contributed by atoms with Crippen LogP contribution in [-0.2, 0) is 19.4 Å². The van der Waals surface area contributed by atoms with E-state index in [2.05, 4.69) is 16.6 Å². The zero-order chi connectivity index (χ0) is 15.6. The molecule has 1 fully saturated rings. The lowest BCUT2D eigenvalue weighted by atomic mass is 10.0. The van der Waals surface area contributed by atoms with Gasteiger partial charge in [-0.25, -0.2) is 12.8 Å². The fourth-order valence-corrected chi connectivity index (χ4v) is 3.84. The molecule has 0 bridgehead atoms. The fourth-order valence-electron chi connectivity index (χ4n) is 2.53. The lowest BCUT2D eigenvalue weighted by molar-refractivity contribution is -0.142. The molecule has 3 atom stereocenters. The molecule has 1 heterocycles. The summed E-state index contributed by atoms with van der Waals surface area (Å²) in [5, 5.41) is 2.73. The molecule has 21 heavy (non-hydrogen) atoms. The summed E-state index contributed by atoms with van der Waals surface area (Å²) in [7, 11) is -2.44. The number of hydrogen-bond acceptors (Lipinski definition) is 5. The van der Waals surface area contributed by atoms with Crippen LogP contribution in [0.4, 0.5) is 4.39 Å². The van der Waals surface area contributed by atoms with Crippen LogP contribution >= 0.6 is 0 Å². The molecule has 1 N–H and O–H groups in total. The summed E-state index contributed by atoms with van der Waals surface area (Å²) in [6, 6.07) is 4.27. The Bertz CT molecular complexity index is 659. The van der Waals surface area contributed by atoms with E-state index in [1.165, 1.54) is 25.3 Å². The molecular weight excluding hydrogens is 297 g/mol. The summed E-state index contributed by atoms with van der Waals surface area (Å²) in [6.45, 7) is 3.29. The molecule has 1 aliphatic heterocycles. The van der Waals surface area contributed by atoms with Gasteiger partial charge in [-0.05, 0) is 12.5 Å². The van der Waals surface area contributed by atoms with Crippen LogP contribution in [-0.4, -0.2) is 32.8 Å². The smallest absolute Gasteiger partial charge is 0.322 e. The second-order valence-electron chi connectivity index (χ2n) is 4.77. The number of carbonyl (C=O) groups excluding carboxylic acids is 1. The first-order valence-electron chi connectivity index (χ1n) is 6.35. The van der Waals surface area contributed by atoms with Crippen LogP contribution in [0.3, 0.4) is 0 Å². The van der Waals surface area contributed by atoms with E-state index in [9.17, 15) is 17.6 Å². The van der Waals surface area contributed by atoms with Crippen LogP contribution in [0.15, 0.2) is 36.3 Å². The number of sulfone groups is 1. The zero-order valence-electron chi connectivity index (χ0n) is 11.5. The lowest BCUT2D eigenvalue weighted by Gasteiger charge is -2.19. The number of halogens is 1. The highest BCUT2D eigenvalue weighted by Crippen LogP contribution is 2.34. The third-order valence-electron chi connectivity index (χ3n) is 3.60. The first kappa shape index (κ1) is 15.7. The maximum Gasteiger partial charge on any atom is 0.322 e. The monoisotopic (exact) mass is 313 g/mol. The van der Waals surface area contributed by atoms with Gasteiger partial charge in [0.25, 0.3) is 0 Å². The fraction of sp³-hybridized carbons (Fsp3) is 0.357. The molecule has 0 saturated carbocycles. The average Bonchev–Trinajstić information content (AvgIpc) is 2.92. The largest absolute Gasteiger partial charge is 0.468 e. The van der Waals surface area contributed by atoms with Gasteiger partial charge in [0.1, 0.15) is 11.9 Å². The molecule has 7 heteroatoms. The molecule has 5 nitrogen and oxygen atoms in total. The molecule has 0 aromatic heterocycles. The van der Waals surface area contributed by atoms with E-state index in [4.69, 9.17) is 0 Å². The maximum atomic E-state index is 13.9. The quantitative estimate of drug-likeness (QED) is 0.849. The molecule has 1 saturated heterocycles. The molecule has 1 aliphatic rings. The molecule has 0 radical (unpaired) electrons. The number of carbonyl (C=O) groups is 1. The first-order valence-corrected chi connectivity index (χ1v) is 7.96. The van der Waals surface area contributed by atoms with E-state index >= 15 is 0 Å². The number of methoxy groups -OCH3 is 1. The zero-order valence-corrected chi connectivity index (χ0v) is 12.3. The van der Waals surface area contributed by atoms with Crippen LogP contribution in [0.5, 0.6) is 0 Å². The van der Waals surface area contributed by atoms with Crippen molar-refractivity contribution in [1.29, 1.82) is 0 Å². The Morgan fingerprint density at radius 1 is 1.48 bits per heavy atom. The van der Waals surface area contributed by atoms with Crippen molar-refractivity contribution in [2.24, 2.45) is 0 Å². The summed E-state index contributed by atoms with van der Waals surface area (Å²) in [5.74, 6) is -1.09. The van der Waals surface area contributed by atoms with Gasteiger partial charge in [0, 0.05) is 11.0 Å². The van der Waals surface area contributed by atoms with E-state index in [1.807, 2.05) is 0 Å². The molecule has 0 aliphatic carbocycles. The Balaban J connectivity index is 2.43. The van der Waals surface area contributed by atoms with Crippen molar-refractivity contribution < 1.29 is 22.3 Å². The van der Waals surface area contributed by atoms with Crippen LogP contribution < -0.4 is 5.32 Å². The first-order chi connectivity index (χ1) is 9.90. The van der Waals surface area contributed by atoms with Gasteiger partial charge < -0.3 is 4.74 Å². The van der Waals surface area contributed by atoms with Gasteiger partial charge in [-0.15, -0.1) is 0 Å². The van der Waals surface area contributed by atoms with Gasteiger partial charge in [-0.1, -0.05) is 24.8 Å². The predicted octanol–water partition coefficient (Wildman–Crippen LogP) is 1.33. The highest BCUT2D eigenvalue weighted by atomic mass is 32.2. The second-order valence-corrected chi connectivity index (χ2v) is 6.89. The van der Waals surface area contributed by atoms with E-state index in [0.717, 1.165) is 5.41 Å². The van der Waals surface area contributed by atoms with Crippen molar-refractivity contribution in [3.05, 3.63) is 47.6 Å². The van der Waals surface area contributed by atoms with E-state index < -0.39 is 39.0 Å². The Labute approximate surface area is 122 Å². The minimum atomic E-state index is -3.66. The van der Waals surface area contributed by atoms with Crippen molar-refractivity contribution in [3.63, 3.8) is 0 Å². The van der Waals surface area contributed by atoms with Crippen molar-refractivity contribution in [1.82, 2.24) is 5.32 Å². The van der Waals surface area contributed by atoms with Gasteiger partial charge in [0.15, 0.2) is 9.84 Å². The topological polar surface area (TPSA) is 72.5 Å². The number of ether oxygens (including phenoxy) is 1. The van der Waals surface area contributed by atoms with Crippen LogP contribution in [0.2, 0.25) is 0 Å². The molecular formula is C14H16FNO4S. The number of benzene rings is 1. The molecule has 114 valence electrons. The standard InChI is InChI=1S/C14H16FNO4S/c1-3-21(18,19)12-8-11(14(17)20-2)16-13(12)9-6-4-5-7-10(9)15/h3-7,11-13,16H,1,8H2,2H3/t11-,12-,13-/m0/s1. The Hall–Kier alpha value is -1.73. The molecule has 0 unspecified atom stereocenters. The molecule has 1 aromatic rings. The predicted molar refractivity (Wildman–Crippen MR) is 75.6 cm³/mol. The molecule has 1 aromatic carbocycles. The molecule has 0 amide bonds. The normalized spacial score (nSPS) is 25.5. The Kier molecular flexibility index (Phi) is 4.43. The van der Waals surface area contributed by atoms with Crippen LogP contribution in [0.25, 0.3) is 0 Å². The SMILES string of the molecule is C=CS(=O)(=O)[C@H]1C[C@@H](C(=O)OC)N[C@H]1c1ccccc1F. The average molecular weight is 313 g/mol. The maximum absolute atomic E-state index is 13.9. The van der Waals surface area contributed by atoms with E-state index in [0.29, 0.717) is 0 Å². The second kappa shape index (κ2) is 5.95. The highest BCUT2D eigenvalue weighted by molar-refractivity contribution is 7.94. The van der Waals surface area contributed by atoms with Gasteiger partial charge in [-0.3, -0.25) is 10.1 Å². The number of nitrogens with one attached hydrogen (secondary N) is 1. The van der Waals surface area contributed by atoms with Crippen molar-refractivity contribution in [3.8, 4) is 0 Å². The summed E-state index contributed by atoms with van der Waals surface area (Å²) < 4.78 is 42.8. The van der Waals surface area contributed by atoms with Crippen molar-refractivity contribution in [2.75, 3.05) is 7.11 Å². The number of esters is 1. The van der Waals surface area contributed by atoms with Gasteiger partial charge in [-0.2, -0.15) is 0 Å². The van der Waals surface area contributed by atoms with Gasteiger partial charge >= 0.3 is 5.97 Å². The van der Waals surface area contributed by atoms with Gasteiger partial charge in [0.05, 0.1) is 18.4 Å². The minimum Gasteiger partial charge on any atom is -0.468 e. The van der Waals surface area contributed by atoms with Gasteiger partial charge in [0.2, 0.25) is 0 Å². The van der Waals surface area contributed by atoms with Crippen molar-refractivity contribution >= 4 is 15.8 Å². The van der Waals surface area contributed by atoms with Crippen LogP contribution in [0, 0.1) is 5.82 Å². The number of hydrogen-bond donors (Lipinski definition) is 1. The Morgan fingerprint density at radius 3 is 2.71 bits per heavy atom.